The molecule has 8 nitrogen and oxygen atoms in total. The fourth-order valence-corrected chi connectivity index (χ4v) is 5.72. The molecule has 2 heterocycles. The number of rotatable bonds is 4. The number of para-hydroxylation sites is 1. The van der Waals surface area contributed by atoms with Gasteiger partial charge >= 0.3 is 0 Å². The van der Waals surface area contributed by atoms with E-state index < -0.39 is 16.1 Å². The molecule has 2 amide bonds. The van der Waals surface area contributed by atoms with E-state index in [2.05, 4.69) is 10.6 Å². The quantitative estimate of drug-likeness (QED) is 0.777. The molecule has 0 saturated carbocycles. The van der Waals surface area contributed by atoms with Crippen molar-refractivity contribution < 1.29 is 22.7 Å². The summed E-state index contributed by atoms with van der Waals surface area (Å²) in [6.45, 7) is 3.64. The third-order valence-corrected chi connectivity index (χ3v) is 7.46. The number of aryl methyl sites for hydroxylation is 2. The molecule has 1 unspecified atom stereocenters. The molecule has 2 aromatic carbocycles. The third kappa shape index (κ3) is 3.66. The molecule has 4 rings (SSSR count). The lowest BCUT2D eigenvalue weighted by Gasteiger charge is -2.26. The number of fused-ring (bicyclic) bond motifs is 1. The highest BCUT2D eigenvalue weighted by molar-refractivity contribution is 7.89. The molecule has 2 aliphatic heterocycles. The molecule has 9 heteroatoms. The Bertz CT molecular complexity index is 1130. The van der Waals surface area contributed by atoms with Crippen LogP contribution in [-0.2, 0) is 19.6 Å². The minimum Gasteiger partial charge on any atom is -0.482 e. The standard InChI is InChI=1S/C21H23N3O5S/c1-13-6-3-4-7-15(13)23-21(26)17-8-5-9-24(17)30(27,28)19-11-18-16(10-14(19)2)22-20(25)12-29-18/h3-4,6-7,10-11,17H,5,8-9,12H2,1-2H3,(H,22,25)(H,23,26). The predicted molar refractivity (Wildman–Crippen MR) is 112 cm³/mol. The number of nitrogens with one attached hydrogen (secondary N) is 2. The predicted octanol–water partition coefficient (Wildman–Crippen LogP) is 2.43. The number of anilines is 2. The van der Waals surface area contributed by atoms with Gasteiger partial charge in [0.1, 0.15) is 11.8 Å². The Morgan fingerprint density at radius 3 is 2.73 bits per heavy atom. The smallest absolute Gasteiger partial charge is 0.262 e. The second kappa shape index (κ2) is 7.73. The number of carbonyl (C=O) groups excluding carboxylic acids is 2. The summed E-state index contributed by atoms with van der Waals surface area (Å²) in [5.74, 6) is -0.326. The van der Waals surface area contributed by atoms with E-state index in [1.165, 1.54) is 10.4 Å². The molecular weight excluding hydrogens is 406 g/mol. The number of sulfonamides is 1. The van der Waals surface area contributed by atoms with E-state index in [1.807, 2.05) is 25.1 Å². The lowest BCUT2D eigenvalue weighted by molar-refractivity contribution is -0.119. The summed E-state index contributed by atoms with van der Waals surface area (Å²) in [5.41, 5.74) is 2.49. The maximum absolute atomic E-state index is 13.4. The van der Waals surface area contributed by atoms with Gasteiger partial charge in [0.15, 0.2) is 6.61 Å². The monoisotopic (exact) mass is 429 g/mol. The SMILES string of the molecule is Cc1ccccc1NC(=O)C1CCCN1S(=O)(=O)c1cc2c(cc1C)NC(=O)CO2. The second-order valence-electron chi connectivity index (χ2n) is 7.53. The van der Waals surface area contributed by atoms with Crippen LogP contribution in [0.25, 0.3) is 0 Å². The number of ether oxygens (including phenoxy) is 1. The summed E-state index contributed by atoms with van der Waals surface area (Å²) in [4.78, 5) is 24.5. The lowest BCUT2D eigenvalue weighted by Crippen LogP contribution is -2.43. The van der Waals surface area contributed by atoms with E-state index in [0.717, 1.165) is 5.56 Å². The van der Waals surface area contributed by atoms with Crippen molar-refractivity contribution >= 4 is 33.2 Å². The highest BCUT2D eigenvalue weighted by Gasteiger charge is 2.40. The molecule has 0 bridgehead atoms. The van der Waals surface area contributed by atoms with Crippen LogP contribution < -0.4 is 15.4 Å². The Labute approximate surface area is 175 Å². The van der Waals surface area contributed by atoms with Gasteiger partial charge in [-0.25, -0.2) is 8.42 Å². The van der Waals surface area contributed by atoms with Crippen molar-refractivity contribution in [2.24, 2.45) is 0 Å². The highest BCUT2D eigenvalue weighted by Crippen LogP contribution is 2.36. The summed E-state index contributed by atoms with van der Waals surface area (Å²) < 4.78 is 33.5. The molecule has 2 N–H and O–H groups in total. The van der Waals surface area contributed by atoms with Crippen LogP contribution in [0.1, 0.15) is 24.0 Å². The van der Waals surface area contributed by atoms with E-state index in [1.54, 1.807) is 19.1 Å². The number of carbonyl (C=O) groups is 2. The Kier molecular flexibility index (Phi) is 5.25. The third-order valence-electron chi connectivity index (χ3n) is 5.41. The van der Waals surface area contributed by atoms with Gasteiger partial charge in [0, 0.05) is 18.3 Å². The Hall–Kier alpha value is -2.91. The number of hydrogen-bond acceptors (Lipinski definition) is 5. The molecule has 1 atom stereocenters. The molecule has 0 aromatic heterocycles. The van der Waals surface area contributed by atoms with Crippen molar-refractivity contribution in [1.82, 2.24) is 4.31 Å². The maximum Gasteiger partial charge on any atom is 0.262 e. The van der Waals surface area contributed by atoms with Crippen molar-refractivity contribution in [3.05, 3.63) is 47.5 Å². The molecule has 2 aliphatic rings. The first kappa shape index (κ1) is 20.4. The van der Waals surface area contributed by atoms with Gasteiger partial charge in [-0.3, -0.25) is 9.59 Å². The summed E-state index contributed by atoms with van der Waals surface area (Å²) in [5, 5.41) is 5.53. The number of hydrogen-bond donors (Lipinski definition) is 2. The molecule has 0 aliphatic carbocycles. The van der Waals surface area contributed by atoms with Gasteiger partial charge in [-0.15, -0.1) is 0 Å². The molecule has 0 radical (unpaired) electrons. The number of nitrogens with zero attached hydrogens (tertiary/aromatic N) is 1. The molecule has 1 saturated heterocycles. The first-order valence-electron chi connectivity index (χ1n) is 9.73. The molecule has 158 valence electrons. The largest absolute Gasteiger partial charge is 0.482 e. The zero-order valence-corrected chi connectivity index (χ0v) is 17.6. The Balaban J connectivity index is 1.63. The second-order valence-corrected chi connectivity index (χ2v) is 9.39. The summed E-state index contributed by atoms with van der Waals surface area (Å²) in [6, 6.07) is 9.59. The van der Waals surface area contributed by atoms with Gasteiger partial charge < -0.3 is 15.4 Å². The van der Waals surface area contributed by atoms with Crippen LogP contribution in [0.2, 0.25) is 0 Å². The topological polar surface area (TPSA) is 105 Å². The fraction of sp³-hybridized carbons (Fsp3) is 0.333. The molecule has 2 aromatic rings. The number of benzene rings is 2. The number of amides is 2. The van der Waals surface area contributed by atoms with Gasteiger partial charge in [-0.2, -0.15) is 4.31 Å². The zero-order chi connectivity index (χ0) is 21.5. The molecule has 1 fully saturated rings. The van der Waals surface area contributed by atoms with E-state index in [0.29, 0.717) is 35.5 Å². The van der Waals surface area contributed by atoms with Crippen LogP contribution in [-0.4, -0.2) is 43.7 Å². The van der Waals surface area contributed by atoms with Crippen molar-refractivity contribution in [3.8, 4) is 5.75 Å². The van der Waals surface area contributed by atoms with Crippen LogP contribution in [0.5, 0.6) is 5.75 Å². The van der Waals surface area contributed by atoms with Gasteiger partial charge in [-0.1, -0.05) is 18.2 Å². The molecule has 0 spiro atoms. The van der Waals surface area contributed by atoms with Crippen molar-refractivity contribution in [2.75, 3.05) is 23.8 Å². The van der Waals surface area contributed by atoms with E-state index in [-0.39, 0.29) is 29.9 Å². The Morgan fingerprint density at radius 2 is 1.97 bits per heavy atom. The van der Waals surface area contributed by atoms with Gasteiger partial charge in [0.05, 0.1) is 10.6 Å². The van der Waals surface area contributed by atoms with Crippen molar-refractivity contribution in [3.63, 3.8) is 0 Å². The average molecular weight is 429 g/mol. The summed E-state index contributed by atoms with van der Waals surface area (Å²) >= 11 is 0. The van der Waals surface area contributed by atoms with Gasteiger partial charge in [-0.05, 0) is 49.9 Å². The van der Waals surface area contributed by atoms with E-state index in [4.69, 9.17) is 4.74 Å². The Morgan fingerprint density at radius 1 is 1.20 bits per heavy atom. The average Bonchev–Trinajstić information content (AvgIpc) is 3.20. The van der Waals surface area contributed by atoms with Crippen LogP contribution in [0.4, 0.5) is 11.4 Å². The highest BCUT2D eigenvalue weighted by atomic mass is 32.2. The first-order valence-corrected chi connectivity index (χ1v) is 11.2. The lowest BCUT2D eigenvalue weighted by atomic mass is 10.1. The molecule has 30 heavy (non-hydrogen) atoms. The summed E-state index contributed by atoms with van der Waals surface area (Å²) in [7, 11) is -3.93. The zero-order valence-electron chi connectivity index (χ0n) is 16.8. The van der Waals surface area contributed by atoms with Crippen LogP contribution in [0.15, 0.2) is 41.3 Å². The van der Waals surface area contributed by atoms with E-state index >= 15 is 0 Å². The van der Waals surface area contributed by atoms with Crippen molar-refractivity contribution in [2.45, 2.75) is 37.6 Å². The maximum atomic E-state index is 13.4. The fourth-order valence-electron chi connectivity index (χ4n) is 3.84. The van der Waals surface area contributed by atoms with Crippen LogP contribution in [0, 0.1) is 13.8 Å². The molecular formula is C21H23N3O5S. The summed E-state index contributed by atoms with van der Waals surface area (Å²) in [6.07, 6.45) is 1.05. The van der Waals surface area contributed by atoms with Crippen LogP contribution >= 0.6 is 0 Å². The van der Waals surface area contributed by atoms with E-state index in [9.17, 15) is 18.0 Å². The first-order chi connectivity index (χ1) is 14.3. The normalized spacial score (nSPS) is 19.0. The minimum atomic E-state index is -3.93. The van der Waals surface area contributed by atoms with Gasteiger partial charge in [0.2, 0.25) is 15.9 Å². The van der Waals surface area contributed by atoms with Crippen molar-refractivity contribution in [1.29, 1.82) is 0 Å². The van der Waals surface area contributed by atoms with Crippen LogP contribution in [0.3, 0.4) is 0 Å². The minimum absolute atomic E-state index is 0.0768. The van der Waals surface area contributed by atoms with Gasteiger partial charge in [0.25, 0.3) is 5.91 Å².